The predicted molar refractivity (Wildman–Crippen MR) is 99.6 cm³/mol. The number of methoxy groups -OCH3 is 1. The van der Waals surface area contributed by atoms with E-state index in [0.29, 0.717) is 17.4 Å². The lowest BCUT2D eigenvalue weighted by atomic mass is 10.1. The lowest BCUT2D eigenvalue weighted by Crippen LogP contribution is -2.47. The number of benzene rings is 2. The van der Waals surface area contributed by atoms with Crippen molar-refractivity contribution in [1.82, 2.24) is 9.13 Å². The van der Waals surface area contributed by atoms with Gasteiger partial charge >= 0.3 is 5.69 Å². The van der Waals surface area contributed by atoms with Crippen molar-refractivity contribution in [2.45, 2.75) is 32.9 Å². The molecule has 25 heavy (non-hydrogen) atoms. The molecule has 130 valence electrons. The summed E-state index contributed by atoms with van der Waals surface area (Å²) in [4.78, 5) is 25.9. The number of nitrogens with zero attached hydrogens (tertiary/aromatic N) is 2. The summed E-state index contributed by atoms with van der Waals surface area (Å²) < 4.78 is 8.17. The quantitative estimate of drug-likeness (QED) is 0.738. The normalized spacial score (nSPS) is 11.7. The molecule has 0 fully saturated rings. The monoisotopic (exact) mass is 338 g/mol. The fraction of sp³-hybridized carbons (Fsp3) is 0.300. The zero-order valence-corrected chi connectivity index (χ0v) is 14.9. The summed E-state index contributed by atoms with van der Waals surface area (Å²) in [5.74, 6) is 0.764. The molecule has 0 radical (unpaired) electrons. The molecule has 0 saturated carbocycles. The van der Waals surface area contributed by atoms with Crippen molar-refractivity contribution in [3.8, 4) is 5.75 Å². The van der Waals surface area contributed by atoms with Crippen LogP contribution < -0.4 is 16.0 Å². The molecule has 0 aliphatic carbocycles. The van der Waals surface area contributed by atoms with Crippen LogP contribution in [0.3, 0.4) is 0 Å². The SMILES string of the molecule is COc1ccc(Cn2c(=O)n(C(C)(C)C)c(=O)c3ccccc32)cc1. The summed E-state index contributed by atoms with van der Waals surface area (Å²) in [5.41, 5.74) is 0.465. The van der Waals surface area contributed by atoms with Crippen LogP contribution in [0.1, 0.15) is 26.3 Å². The van der Waals surface area contributed by atoms with E-state index in [1.165, 1.54) is 4.57 Å². The molecule has 0 aliphatic heterocycles. The molecule has 5 nitrogen and oxygen atoms in total. The van der Waals surface area contributed by atoms with E-state index in [1.54, 1.807) is 17.7 Å². The topological polar surface area (TPSA) is 53.2 Å². The molecule has 0 bridgehead atoms. The Morgan fingerprint density at radius 2 is 1.60 bits per heavy atom. The van der Waals surface area contributed by atoms with Crippen molar-refractivity contribution in [1.29, 1.82) is 0 Å². The van der Waals surface area contributed by atoms with Crippen LogP contribution in [0, 0.1) is 0 Å². The minimum atomic E-state index is -0.597. The Labute approximate surface area is 146 Å². The Bertz CT molecular complexity index is 1020. The third-order valence-corrected chi connectivity index (χ3v) is 4.22. The van der Waals surface area contributed by atoms with Gasteiger partial charge < -0.3 is 4.74 Å². The molecule has 2 aromatic carbocycles. The first-order valence-corrected chi connectivity index (χ1v) is 8.21. The van der Waals surface area contributed by atoms with E-state index in [-0.39, 0.29) is 11.2 Å². The lowest BCUT2D eigenvalue weighted by Gasteiger charge is -2.24. The van der Waals surface area contributed by atoms with Crippen molar-refractivity contribution >= 4 is 10.9 Å². The highest BCUT2D eigenvalue weighted by molar-refractivity contribution is 5.78. The van der Waals surface area contributed by atoms with Gasteiger partial charge in [0.1, 0.15) is 5.75 Å². The zero-order chi connectivity index (χ0) is 18.2. The average molecular weight is 338 g/mol. The molecule has 0 saturated heterocycles. The van der Waals surface area contributed by atoms with Gasteiger partial charge in [0, 0.05) is 5.54 Å². The lowest BCUT2D eigenvalue weighted by molar-refractivity contribution is 0.360. The third kappa shape index (κ3) is 3.09. The summed E-state index contributed by atoms with van der Waals surface area (Å²) in [5, 5.41) is 0.547. The summed E-state index contributed by atoms with van der Waals surface area (Å²) in [7, 11) is 1.62. The first-order valence-electron chi connectivity index (χ1n) is 8.21. The average Bonchev–Trinajstić information content (AvgIpc) is 2.58. The van der Waals surface area contributed by atoms with Gasteiger partial charge in [-0.25, -0.2) is 4.79 Å². The molecule has 3 aromatic rings. The van der Waals surface area contributed by atoms with Gasteiger partial charge in [0.05, 0.1) is 24.6 Å². The van der Waals surface area contributed by atoms with Crippen LogP contribution in [0.2, 0.25) is 0 Å². The molecule has 1 heterocycles. The van der Waals surface area contributed by atoms with Gasteiger partial charge in [-0.1, -0.05) is 24.3 Å². The van der Waals surface area contributed by atoms with Crippen LogP contribution in [0.15, 0.2) is 58.1 Å². The number of ether oxygens (including phenoxy) is 1. The third-order valence-electron chi connectivity index (χ3n) is 4.22. The minimum absolute atomic E-state index is 0.251. The van der Waals surface area contributed by atoms with E-state index in [1.807, 2.05) is 63.2 Å². The zero-order valence-electron chi connectivity index (χ0n) is 14.9. The molecular weight excluding hydrogens is 316 g/mol. The molecule has 0 amide bonds. The fourth-order valence-corrected chi connectivity index (χ4v) is 2.98. The second kappa shape index (κ2) is 6.24. The molecular formula is C20H22N2O3. The van der Waals surface area contributed by atoms with Crippen molar-refractivity contribution in [2.24, 2.45) is 0 Å². The molecule has 0 unspecified atom stereocenters. The first kappa shape index (κ1) is 17.0. The van der Waals surface area contributed by atoms with Crippen LogP contribution in [-0.2, 0) is 12.1 Å². The smallest absolute Gasteiger partial charge is 0.332 e. The summed E-state index contributed by atoms with van der Waals surface area (Å²) in [6.07, 6.45) is 0. The number of hydrogen-bond donors (Lipinski definition) is 0. The van der Waals surface area contributed by atoms with E-state index >= 15 is 0 Å². The van der Waals surface area contributed by atoms with Crippen LogP contribution in [0.25, 0.3) is 10.9 Å². The molecule has 0 aliphatic rings. The van der Waals surface area contributed by atoms with Crippen LogP contribution in [-0.4, -0.2) is 16.2 Å². The Hall–Kier alpha value is -2.82. The van der Waals surface area contributed by atoms with Gasteiger partial charge in [-0.15, -0.1) is 0 Å². The van der Waals surface area contributed by atoms with Gasteiger partial charge in [0.25, 0.3) is 5.56 Å². The summed E-state index contributed by atoms with van der Waals surface area (Å²) in [6.45, 7) is 5.98. The summed E-state index contributed by atoms with van der Waals surface area (Å²) in [6, 6.07) is 14.8. The van der Waals surface area contributed by atoms with Crippen LogP contribution in [0.4, 0.5) is 0 Å². The first-order chi connectivity index (χ1) is 11.8. The molecule has 5 heteroatoms. The van der Waals surface area contributed by atoms with Gasteiger partial charge in [-0.05, 0) is 50.6 Å². The minimum Gasteiger partial charge on any atom is -0.497 e. The number of hydrogen-bond acceptors (Lipinski definition) is 3. The Morgan fingerprint density at radius 3 is 2.20 bits per heavy atom. The van der Waals surface area contributed by atoms with Crippen molar-refractivity contribution in [2.75, 3.05) is 7.11 Å². The molecule has 0 spiro atoms. The molecule has 0 N–H and O–H groups in total. The molecule has 1 aromatic heterocycles. The van der Waals surface area contributed by atoms with Crippen molar-refractivity contribution < 1.29 is 4.74 Å². The maximum absolute atomic E-state index is 13.1. The Balaban J connectivity index is 2.26. The van der Waals surface area contributed by atoms with Crippen molar-refractivity contribution in [3.63, 3.8) is 0 Å². The second-order valence-corrected chi connectivity index (χ2v) is 7.05. The van der Waals surface area contributed by atoms with E-state index in [4.69, 9.17) is 4.74 Å². The van der Waals surface area contributed by atoms with Gasteiger partial charge in [0.2, 0.25) is 0 Å². The predicted octanol–water partition coefficient (Wildman–Crippen LogP) is 2.98. The van der Waals surface area contributed by atoms with E-state index in [0.717, 1.165) is 11.3 Å². The number of fused-ring (bicyclic) bond motifs is 1. The van der Waals surface area contributed by atoms with E-state index in [2.05, 4.69) is 0 Å². The standard InChI is InChI=1S/C20H22N2O3/c1-20(2,3)22-18(23)16-7-5-6-8-17(16)21(19(22)24)13-14-9-11-15(25-4)12-10-14/h5-12H,13H2,1-4H3. The largest absolute Gasteiger partial charge is 0.497 e. The van der Waals surface area contributed by atoms with Crippen LogP contribution in [0.5, 0.6) is 5.75 Å². The van der Waals surface area contributed by atoms with Crippen LogP contribution >= 0.6 is 0 Å². The maximum Gasteiger partial charge on any atom is 0.332 e. The van der Waals surface area contributed by atoms with Gasteiger partial charge in [0.15, 0.2) is 0 Å². The highest BCUT2D eigenvalue weighted by atomic mass is 16.5. The fourth-order valence-electron chi connectivity index (χ4n) is 2.98. The number of aromatic nitrogens is 2. The Morgan fingerprint density at radius 1 is 0.960 bits per heavy atom. The van der Waals surface area contributed by atoms with Crippen molar-refractivity contribution in [3.05, 3.63) is 74.9 Å². The molecule has 0 atom stereocenters. The Kier molecular flexibility index (Phi) is 4.25. The van der Waals surface area contributed by atoms with E-state index in [9.17, 15) is 9.59 Å². The van der Waals surface area contributed by atoms with Gasteiger partial charge in [-0.3, -0.25) is 13.9 Å². The highest BCUT2D eigenvalue weighted by Gasteiger charge is 2.22. The van der Waals surface area contributed by atoms with Gasteiger partial charge in [-0.2, -0.15) is 0 Å². The second-order valence-electron chi connectivity index (χ2n) is 7.05. The summed E-state index contributed by atoms with van der Waals surface area (Å²) >= 11 is 0. The van der Waals surface area contributed by atoms with E-state index < -0.39 is 5.54 Å². The number of rotatable bonds is 3. The molecule has 3 rings (SSSR count). The maximum atomic E-state index is 13.1. The number of para-hydroxylation sites is 1. The highest BCUT2D eigenvalue weighted by Crippen LogP contribution is 2.16.